The number of tetrazole rings is 1. The van der Waals surface area contributed by atoms with Crippen molar-refractivity contribution in [1.82, 2.24) is 35.8 Å². The van der Waals surface area contributed by atoms with Crippen LogP contribution < -0.4 is 5.32 Å². The topological polar surface area (TPSA) is 99.7 Å². The van der Waals surface area contributed by atoms with Gasteiger partial charge < -0.3 is 10.2 Å². The molecule has 0 aliphatic carbocycles. The molecule has 0 aliphatic heterocycles. The molecule has 2 aromatic rings. The number of rotatable bonds is 7. The summed E-state index contributed by atoms with van der Waals surface area (Å²) in [6.45, 7) is 4.63. The summed E-state index contributed by atoms with van der Waals surface area (Å²) in [6.07, 6.45) is 3.97. The van der Waals surface area contributed by atoms with Gasteiger partial charge in [0.05, 0.1) is 0 Å². The number of aryl methyl sites for hydroxylation is 2. The van der Waals surface area contributed by atoms with Gasteiger partial charge in [0.1, 0.15) is 0 Å². The number of aromatic amines is 1. The van der Waals surface area contributed by atoms with Crippen LogP contribution in [0.1, 0.15) is 30.4 Å². The van der Waals surface area contributed by atoms with Gasteiger partial charge in [0.15, 0.2) is 5.82 Å². The second-order valence-electron chi connectivity index (χ2n) is 5.59. The lowest BCUT2D eigenvalue weighted by atomic mass is 10.1. The van der Waals surface area contributed by atoms with Crippen LogP contribution in [0.5, 0.6) is 0 Å². The molecule has 0 fully saturated rings. The van der Waals surface area contributed by atoms with Crippen LogP contribution >= 0.6 is 0 Å². The first kappa shape index (κ1) is 16.9. The van der Waals surface area contributed by atoms with Gasteiger partial charge in [-0.25, -0.2) is 4.79 Å². The predicted octanol–water partition coefficient (Wildman–Crippen LogP) is 1.11. The number of amides is 2. The summed E-state index contributed by atoms with van der Waals surface area (Å²) in [7, 11) is 1.80. The minimum absolute atomic E-state index is 0.0702. The molecule has 23 heavy (non-hydrogen) atoms. The standard InChI is InChI=1S/C15H23N7O/c1-11-6-4-8-16-13(11)10-12(2)22(3)15(23)17-9-5-7-14-18-20-21-19-14/h4,6,8,12H,5,7,9-10H2,1-3H3,(H,17,23)(H,18,19,20,21). The molecule has 2 rings (SSSR count). The van der Waals surface area contributed by atoms with E-state index >= 15 is 0 Å². The van der Waals surface area contributed by atoms with E-state index in [1.165, 1.54) is 0 Å². The highest BCUT2D eigenvalue weighted by Gasteiger charge is 2.17. The number of aromatic nitrogens is 5. The highest BCUT2D eigenvalue weighted by atomic mass is 16.2. The van der Waals surface area contributed by atoms with E-state index in [1.54, 1.807) is 18.1 Å². The first-order chi connectivity index (χ1) is 11.1. The van der Waals surface area contributed by atoms with E-state index in [2.05, 4.69) is 30.9 Å². The van der Waals surface area contributed by atoms with Crippen LogP contribution in [0.4, 0.5) is 4.79 Å². The van der Waals surface area contributed by atoms with Crippen molar-refractivity contribution in [2.24, 2.45) is 0 Å². The summed E-state index contributed by atoms with van der Waals surface area (Å²) in [6, 6.07) is 3.94. The molecular weight excluding hydrogens is 294 g/mol. The van der Waals surface area contributed by atoms with Crippen molar-refractivity contribution in [1.29, 1.82) is 0 Å². The molecule has 0 aliphatic rings. The van der Waals surface area contributed by atoms with Crippen LogP contribution in [0.2, 0.25) is 0 Å². The van der Waals surface area contributed by atoms with Crippen LogP contribution in [0.3, 0.4) is 0 Å². The largest absolute Gasteiger partial charge is 0.338 e. The fraction of sp³-hybridized carbons (Fsp3) is 0.533. The smallest absolute Gasteiger partial charge is 0.317 e. The highest BCUT2D eigenvalue weighted by molar-refractivity contribution is 5.74. The molecule has 2 heterocycles. The number of nitrogens with one attached hydrogen (secondary N) is 2. The van der Waals surface area contributed by atoms with E-state index in [0.717, 1.165) is 24.1 Å². The Morgan fingerprint density at radius 2 is 2.30 bits per heavy atom. The van der Waals surface area contributed by atoms with Crippen LogP contribution in [0.25, 0.3) is 0 Å². The molecule has 0 saturated carbocycles. The molecule has 0 aromatic carbocycles. The fourth-order valence-corrected chi connectivity index (χ4v) is 2.20. The van der Waals surface area contributed by atoms with E-state index in [4.69, 9.17) is 0 Å². The highest BCUT2D eigenvalue weighted by Crippen LogP contribution is 2.09. The van der Waals surface area contributed by atoms with E-state index in [0.29, 0.717) is 18.8 Å². The lowest BCUT2D eigenvalue weighted by Crippen LogP contribution is -2.43. The number of hydrogen-bond acceptors (Lipinski definition) is 5. The Labute approximate surface area is 135 Å². The van der Waals surface area contributed by atoms with Crippen molar-refractivity contribution in [3.63, 3.8) is 0 Å². The van der Waals surface area contributed by atoms with Gasteiger partial charge in [-0.3, -0.25) is 4.98 Å². The minimum Gasteiger partial charge on any atom is -0.338 e. The molecule has 124 valence electrons. The summed E-state index contributed by atoms with van der Waals surface area (Å²) in [5.74, 6) is 0.659. The van der Waals surface area contributed by atoms with Crippen molar-refractivity contribution >= 4 is 6.03 Å². The van der Waals surface area contributed by atoms with Gasteiger partial charge in [0.25, 0.3) is 0 Å². The summed E-state index contributed by atoms with van der Waals surface area (Å²) in [4.78, 5) is 18.3. The molecule has 8 nitrogen and oxygen atoms in total. The molecule has 0 spiro atoms. The van der Waals surface area contributed by atoms with Crippen molar-refractivity contribution in [3.8, 4) is 0 Å². The lowest BCUT2D eigenvalue weighted by Gasteiger charge is -2.25. The summed E-state index contributed by atoms with van der Waals surface area (Å²) in [5.41, 5.74) is 2.17. The molecule has 1 unspecified atom stereocenters. The quantitative estimate of drug-likeness (QED) is 0.745. The molecule has 2 N–H and O–H groups in total. The number of urea groups is 1. The number of likely N-dealkylation sites (N-methyl/N-ethyl adjacent to an activating group) is 1. The molecule has 8 heteroatoms. The summed E-state index contributed by atoms with van der Waals surface area (Å²) < 4.78 is 0. The van der Waals surface area contributed by atoms with Gasteiger partial charge in [-0.1, -0.05) is 11.3 Å². The van der Waals surface area contributed by atoms with Gasteiger partial charge in [-0.15, -0.1) is 10.2 Å². The third kappa shape index (κ3) is 5.01. The average Bonchev–Trinajstić information content (AvgIpc) is 3.06. The normalized spacial score (nSPS) is 12.0. The number of H-pyrrole nitrogens is 1. The van der Waals surface area contributed by atoms with E-state index in [1.807, 2.05) is 26.0 Å². The van der Waals surface area contributed by atoms with Gasteiger partial charge >= 0.3 is 6.03 Å². The Morgan fingerprint density at radius 3 is 3.00 bits per heavy atom. The van der Waals surface area contributed by atoms with Crippen LogP contribution in [-0.4, -0.2) is 56.2 Å². The Kier molecular flexibility index (Phi) is 6.02. The van der Waals surface area contributed by atoms with Crippen LogP contribution in [-0.2, 0) is 12.8 Å². The van der Waals surface area contributed by atoms with Gasteiger partial charge in [0, 0.05) is 44.4 Å². The monoisotopic (exact) mass is 317 g/mol. The second-order valence-corrected chi connectivity index (χ2v) is 5.59. The molecule has 2 amide bonds. The maximum Gasteiger partial charge on any atom is 0.317 e. The molecule has 0 bridgehead atoms. The molecule has 0 radical (unpaired) electrons. The van der Waals surface area contributed by atoms with Gasteiger partial charge in [0.2, 0.25) is 0 Å². The maximum absolute atomic E-state index is 12.2. The number of hydrogen-bond donors (Lipinski definition) is 2. The van der Waals surface area contributed by atoms with E-state index < -0.39 is 0 Å². The number of nitrogens with zero attached hydrogens (tertiary/aromatic N) is 5. The molecular formula is C15H23N7O. The second kappa shape index (κ2) is 8.21. The van der Waals surface area contributed by atoms with Crippen LogP contribution in [0, 0.1) is 6.92 Å². The minimum atomic E-state index is -0.0841. The summed E-state index contributed by atoms with van der Waals surface area (Å²) in [5, 5.41) is 16.6. The number of carbonyl (C=O) groups excluding carboxylic acids is 1. The fourth-order valence-electron chi connectivity index (χ4n) is 2.20. The molecule has 1 atom stereocenters. The number of pyridine rings is 1. The Balaban J connectivity index is 1.74. The van der Waals surface area contributed by atoms with E-state index in [-0.39, 0.29) is 12.1 Å². The Bertz CT molecular complexity index is 614. The third-order valence-electron chi connectivity index (χ3n) is 3.83. The van der Waals surface area contributed by atoms with Gasteiger partial charge in [-0.05, 0) is 31.9 Å². The third-order valence-corrected chi connectivity index (χ3v) is 3.83. The maximum atomic E-state index is 12.2. The average molecular weight is 317 g/mol. The van der Waals surface area contributed by atoms with Crippen molar-refractivity contribution in [2.45, 2.75) is 39.2 Å². The molecule has 2 aromatic heterocycles. The van der Waals surface area contributed by atoms with Crippen LogP contribution in [0.15, 0.2) is 18.3 Å². The number of carbonyl (C=O) groups is 1. The lowest BCUT2D eigenvalue weighted by molar-refractivity contribution is 0.193. The summed E-state index contributed by atoms with van der Waals surface area (Å²) >= 11 is 0. The SMILES string of the molecule is Cc1cccnc1CC(C)N(C)C(=O)NCCCc1nn[nH]n1. The van der Waals surface area contributed by atoms with Gasteiger partial charge in [-0.2, -0.15) is 5.21 Å². The van der Waals surface area contributed by atoms with Crippen molar-refractivity contribution in [3.05, 3.63) is 35.4 Å². The zero-order valence-electron chi connectivity index (χ0n) is 13.8. The van der Waals surface area contributed by atoms with E-state index in [9.17, 15) is 4.79 Å². The molecule has 0 saturated heterocycles. The Morgan fingerprint density at radius 1 is 1.48 bits per heavy atom. The van der Waals surface area contributed by atoms with Crippen molar-refractivity contribution in [2.75, 3.05) is 13.6 Å². The first-order valence-electron chi connectivity index (χ1n) is 7.71. The zero-order chi connectivity index (χ0) is 16.7. The predicted molar refractivity (Wildman–Crippen MR) is 85.8 cm³/mol. The zero-order valence-corrected chi connectivity index (χ0v) is 13.8. The Hall–Kier alpha value is -2.51. The first-order valence-corrected chi connectivity index (χ1v) is 7.71. The van der Waals surface area contributed by atoms with Crippen molar-refractivity contribution < 1.29 is 4.79 Å².